The summed E-state index contributed by atoms with van der Waals surface area (Å²) in [5.41, 5.74) is -0.422. The SMILES string of the molecule is C#CCC1(C=O)CC(C)OC1C. The van der Waals surface area contributed by atoms with Gasteiger partial charge in [-0.1, -0.05) is 0 Å². The average Bonchev–Trinajstić information content (AvgIpc) is 2.28. The van der Waals surface area contributed by atoms with E-state index in [0.29, 0.717) is 6.42 Å². The summed E-state index contributed by atoms with van der Waals surface area (Å²) in [4.78, 5) is 10.9. The van der Waals surface area contributed by atoms with E-state index in [4.69, 9.17) is 11.2 Å². The Balaban J connectivity index is 2.80. The van der Waals surface area contributed by atoms with Crippen molar-refractivity contribution in [2.75, 3.05) is 0 Å². The molecule has 3 unspecified atom stereocenters. The summed E-state index contributed by atoms with van der Waals surface area (Å²) in [6, 6.07) is 0. The molecule has 2 nitrogen and oxygen atoms in total. The number of hydrogen-bond acceptors (Lipinski definition) is 2. The first-order valence-electron chi connectivity index (χ1n) is 4.20. The molecule has 0 spiro atoms. The van der Waals surface area contributed by atoms with Crippen molar-refractivity contribution in [3.8, 4) is 12.3 Å². The molecule has 0 aromatic carbocycles. The Bertz CT molecular complexity index is 216. The summed E-state index contributed by atoms with van der Waals surface area (Å²) in [6.07, 6.45) is 7.52. The second kappa shape index (κ2) is 3.28. The third-order valence-electron chi connectivity index (χ3n) is 2.58. The summed E-state index contributed by atoms with van der Waals surface area (Å²) in [7, 11) is 0. The molecule has 1 fully saturated rings. The van der Waals surface area contributed by atoms with Crippen LogP contribution in [0.15, 0.2) is 0 Å². The highest BCUT2D eigenvalue weighted by Gasteiger charge is 2.44. The average molecular weight is 166 g/mol. The lowest BCUT2D eigenvalue weighted by Gasteiger charge is -2.22. The van der Waals surface area contributed by atoms with Crippen LogP contribution in [0.2, 0.25) is 0 Å². The van der Waals surface area contributed by atoms with Crippen molar-refractivity contribution in [1.82, 2.24) is 0 Å². The molecule has 0 radical (unpaired) electrons. The molecule has 0 aromatic heterocycles. The monoisotopic (exact) mass is 166 g/mol. The Morgan fingerprint density at radius 3 is 2.75 bits per heavy atom. The van der Waals surface area contributed by atoms with Gasteiger partial charge in [0.2, 0.25) is 0 Å². The van der Waals surface area contributed by atoms with Crippen LogP contribution >= 0.6 is 0 Å². The van der Waals surface area contributed by atoms with Gasteiger partial charge in [-0.3, -0.25) is 0 Å². The predicted octanol–water partition coefficient (Wildman–Crippen LogP) is 1.39. The topological polar surface area (TPSA) is 26.3 Å². The third-order valence-corrected chi connectivity index (χ3v) is 2.58. The van der Waals surface area contributed by atoms with Gasteiger partial charge >= 0.3 is 0 Å². The molecule has 1 rings (SSSR count). The molecule has 0 N–H and O–H groups in total. The van der Waals surface area contributed by atoms with Gasteiger partial charge in [0.25, 0.3) is 0 Å². The third kappa shape index (κ3) is 1.37. The van der Waals surface area contributed by atoms with Crippen LogP contribution in [0, 0.1) is 17.8 Å². The summed E-state index contributed by atoms with van der Waals surface area (Å²) in [5.74, 6) is 2.54. The first kappa shape index (κ1) is 9.28. The van der Waals surface area contributed by atoms with Crippen LogP contribution in [0.3, 0.4) is 0 Å². The quantitative estimate of drug-likeness (QED) is 0.457. The minimum absolute atomic E-state index is 0.0407. The Labute approximate surface area is 73.3 Å². The smallest absolute Gasteiger partial charge is 0.129 e. The van der Waals surface area contributed by atoms with Crippen molar-refractivity contribution in [3.63, 3.8) is 0 Å². The van der Waals surface area contributed by atoms with Gasteiger partial charge in [0.15, 0.2) is 0 Å². The van der Waals surface area contributed by atoms with Crippen LogP contribution in [0.4, 0.5) is 0 Å². The molecule has 2 heteroatoms. The van der Waals surface area contributed by atoms with Gasteiger partial charge in [-0.25, -0.2) is 0 Å². The zero-order valence-corrected chi connectivity index (χ0v) is 7.54. The molecule has 3 atom stereocenters. The molecule has 1 aliphatic heterocycles. The fraction of sp³-hybridized carbons (Fsp3) is 0.700. The fourth-order valence-corrected chi connectivity index (χ4v) is 1.82. The lowest BCUT2D eigenvalue weighted by atomic mass is 9.79. The van der Waals surface area contributed by atoms with Gasteiger partial charge in [-0.15, -0.1) is 12.3 Å². The van der Waals surface area contributed by atoms with E-state index >= 15 is 0 Å². The highest BCUT2D eigenvalue weighted by molar-refractivity contribution is 5.62. The zero-order chi connectivity index (χ0) is 9.19. The van der Waals surface area contributed by atoms with E-state index in [2.05, 4.69) is 5.92 Å². The summed E-state index contributed by atoms with van der Waals surface area (Å²) in [5, 5.41) is 0. The number of carbonyl (C=O) groups excluding carboxylic acids is 1. The molecule has 0 aromatic rings. The van der Waals surface area contributed by atoms with E-state index in [1.54, 1.807) is 0 Å². The summed E-state index contributed by atoms with van der Waals surface area (Å²) >= 11 is 0. The molecule has 12 heavy (non-hydrogen) atoms. The van der Waals surface area contributed by atoms with Crippen LogP contribution in [0.25, 0.3) is 0 Å². The van der Waals surface area contributed by atoms with Crippen molar-refractivity contribution in [2.24, 2.45) is 5.41 Å². The summed E-state index contributed by atoms with van der Waals surface area (Å²) in [6.45, 7) is 3.88. The van der Waals surface area contributed by atoms with Crippen LogP contribution in [-0.2, 0) is 9.53 Å². The number of ether oxygens (including phenoxy) is 1. The van der Waals surface area contributed by atoms with Crippen LogP contribution in [0.1, 0.15) is 26.7 Å². The molecule has 0 aliphatic carbocycles. The Kier molecular flexibility index (Phi) is 2.54. The molecule has 1 heterocycles. The van der Waals surface area contributed by atoms with E-state index in [-0.39, 0.29) is 12.2 Å². The number of carbonyl (C=O) groups is 1. The first-order valence-corrected chi connectivity index (χ1v) is 4.20. The highest BCUT2D eigenvalue weighted by atomic mass is 16.5. The second-order valence-corrected chi connectivity index (χ2v) is 3.52. The van der Waals surface area contributed by atoms with Gasteiger partial charge in [-0.05, 0) is 20.3 Å². The van der Waals surface area contributed by atoms with Crippen molar-refractivity contribution >= 4 is 6.29 Å². The maximum absolute atomic E-state index is 10.9. The molecular formula is C10H14O2. The fourth-order valence-electron chi connectivity index (χ4n) is 1.82. The standard InChI is InChI=1S/C10H14O2/c1-4-5-10(7-11)6-8(2)12-9(10)3/h1,7-9H,5-6H2,2-3H3. The van der Waals surface area contributed by atoms with Crippen molar-refractivity contribution in [2.45, 2.75) is 38.9 Å². The Morgan fingerprint density at radius 2 is 2.42 bits per heavy atom. The van der Waals surface area contributed by atoms with Crippen molar-refractivity contribution in [3.05, 3.63) is 0 Å². The maximum atomic E-state index is 10.9. The predicted molar refractivity (Wildman–Crippen MR) is 46.6 cm³/mol. The van der Waals surface area contributed by atoms with E-state index in [1.807, 2.05) is 13.8 Å². The van der Waals surface area contributed by atoms with E-state index < -0.39 is 5.41 Å². The van der Waals surface area contributed by atoms with Gasteiger partial charge < -0.3 is 9.53 Å². The van der Waals surface area contributed by atoms with Gasteiger partial charge in [-0.2, -0.15) is 0 Å². The van der Waals surface area contributed by atoms with Gasteiger partial charge in [0, 0.05) is 6.42 Å². The number of hydrogen-bond donors (Lipinski definition) is 0. The first-order chi connectivity index (χ1) is 5.64. The molecule has 1 saturated heterocycles. The molecule has 0 saturated carbocycles. The van der Waals surface area contributed by atoms with Gasteiger partial charge in [0.05, 0.1) is 17.6 Å². The zero-order valence-electron chi connectivity index (χ0n) is 7.54. The lowest BCUT2D eigenvalue weighted by Crippen LogP contribution is -2.29. The Morgan fingerprint density at radius 1 is 1.75 bits per heavy atom. The normalized spacial score (nSPS) is 40.8. The van der Waals surface area contributed by atoms with E-state index in [0.717, 1.165) is 12.7 Å². The maximum Gasteiger partial charge on any atom is 0.129 e. The van der Waals surface area contributed by atoms with Crippen molar-refractivity contribution in [1.29, 1.82) is 0 Å². The molecule has 66 valence electrons. The molecule has 0 bridgehead atoms. The Hall–Kier alpha value is -0.810. The van der Waals surface area contributed by atoms with E-state index in [1.165, 1.54) is 0 Å². The largest absolute Gasteiger partial charge is 0.374 e. The minimum atomic E-state index is -0.422. The lowest BCUT2D eigenvalue weighted by molar-refractivity contribution is -0.118. The minimum Gasteiger partial charge on any atom is -0.374 e. The number of rotatable bonds is 2. The second-order valence-electron chi connectivity index (χ2n) is 3.52. The number of aldehydes is 1. The van der Waals surface area contributed by atoms with Crippen LogP contribution in [0.5, 0.6) is 0 Å². The van der Waals surface area contributed by atoms with Crippen molar-refractivity contribution < 1.29 is 9.53 Å². The molecular weight excluding hydrogens is 152 g/mol. The number of terminal acetylenes is 1. The van der Waals surface area contributed by atoms with Gasteiger partial charge in [0.1, 0.15) is 6.29 Å². The molecule has 1 aliphatic rings. The van der Waals surface area contributed by atoms with Crippen LogP contribution in [-0.4, -0.2) is 18.5 Å². The molecule has 0 amide bonds. The van der Waals surface area contributed by atoms with E-state index in [9.17, 15) is 4.79 Å². The highest BCUT2D eigenvalue weighted by Crippen LogP contribution is 2.39. The summed E-state index contributed by atoms with van der Waals surface area (Å²) < 4.78 is 5.49. The van der Waals surface area contributed by atoms with Crippen LogP contribution < -0.4 is 0 Å².